The van der Waals surface area contributed by atoms with Crippen molar-refractivity contribution in [3.05, 3.63) is 47.2 Å². The van der Waals surface area contributed by atoms with Crippen molar-refractivity contribution in [3.8, 4) is 0 Å². The second-order valence-electron chi connectivity index (χ2n) is 6.13. The Hall–Kier alpha value is -1.33. The Kier molecular flexibility index (Phi) is 4.44. The third kappa shape index (κ3) is 4.08. The minimum atomic E-state index is -4.28. The summed E-state index contributed by atoms with van der Waals surface area (Å²) in [4.78, 5) is 0. The summed E-state index contributed by atoms with van der Waals surface area (Å²) in [6, 6.07) is 0. The Balaban J connectivity index is 2.24. The molecule has 0 N–H and O–H groups in total. The SMILES string of the molecule is COCC1=CC(C2=CC[N+](C)(C)C=C2)CC(C(F)(F)F)=C1. The maximum absolute atomic E-state index is 13.0. The zero-order valence-electron chi connectivity index (χ0n) is 12.6. The van der Waals surface area contributed by atoms with Gasteiger partial charge in [0.2, 0.25) is 0 Å². The van der Waals surface area contributed by atoms with Gasteiger partial charge in [0, 0.05) is 18.6 Å². The van der Waals surface area contributed by atoms with E-state index in [1.54, 1.807) is 0 Å². The molecule has 0 aromatic heterocycles. The molecule has 1 heterocycles. The number of rotatable bonds is 3. The van der Waals surface area contributed by atoms with Gasteiger partial charge in [0.1, 0.15) is 6.54 Å². The molecular formula is C16H21F3NO+. The smallest absolute Gasteiger partial charge is 0.380 e. The normalized spacial score (nSPS) is 25.2. The van der Waals surface area contributed by atoms with Crippen LogP contribution in [0.4, 0.5) is 13.2 Å². The lowest BCUT2D eigenvalue weighted by Gasteiger charge is -2.30. The lowest BCUT2D eigenvalue weighted by atomic mass is 9.84. The van der Waals surface area contributed by atoms with Gasteiger partial charge in [-0.3, -0.25) is 4.48 Å². The van der Waals surface area contributed by atoms with Crippen molar-refractivity contribution >= 4 is 0 Å². The van der Waals surface area contributed by atoms with Gasteiger partial charge < -0.3 is 4.74 Å². The van der Waals surface area contributed by atoms with Crippen LogP contribution in [-0.2, 0) is 4.74 Å². The van der Waals surface area contributed by atoms with E-state index in [-0.39, 0.29) is 18.9 Å². The summed E-state index contributed by atoms with van der Waals surface area (Å²) in [5, 5.41) is 0. The molecular weight excluding hydrogens is 279 g/mol. The van der Waals surface area contributed by atoms with Crippen LogP contribution in [0.15, 0.2) is 47.2 Å². The van der Waals surface area contributed by atoms with Crippen molar-refractivity contribution in [1.29, 1.82) is 0 Å². The quantitative estimate of drug-likeness (QED) is 0.724. The molecule has 0 radical (unpaired) electrons. The predicted molar refractivity (Wildman–Crippen MR) is 76.4 cm³/mol. The van der Waals surface area contributed by atoms with Gasteiger partial charge in [-0.1, -0.05) is 6.08 Å². The number of quaternary nitrogens is 1. The van der Waals surface area contributed by atoms with Crippen LogP contribution in [0.5, 0.6) is 0 Å². The minimum Gasteiger partial charge on any atom is -0.380 e. The van der Waals surface area contributed by atoms with Crippen molar-refractivity contribution in [2.75, 3.05) is 34.4 Å². The summed E-state index contributed by atoms with van der Waals surface area (Å²) in [5.74, 6) is -0.228. The van der Waals surface area contributed by atoms with Crippen LogP contribution in [0.25, 0.3) is 0 Å². The molecule has 1 aliphatic heterocycles. The second kappa shape index (κ2) is 5.81. The van der Waals surface area contributed by atoms with Crippen LogP contribution in [0.2, 0.25) is 0 Å². The van der Waals surface area contributed by atoms with E-state index >= 15 is 0 Å². The number of methoxy groups -OCH3 is 1. The van der Waals surface area contributed by atoms with E-state index in [2.05, 4.69) is 14.1 Å². The fourth-order valence-electron chi connectivity index (χ4n) is 2.59. The van der Waals surface area contributed by atoms with Crippen molar-refractivity contribution < 1.29 is 22.4 Å². The van der Waals surface area contributed by atoms with Gasteiger partial charge in [-0.25, -0.2) is 0 Å². The van der Waals surface area contributed by atoms with E-state index in [1.807, 2.05) is 24.4 Å². The molecule has 0 bridgehead atoms. The van der Waals surface area contributed by atoms with E-state index in [4.69, 9.17) is 4.74 Å². The average molecular weight is 300 g/mol. The zero-order chi connectivity index (χ0) is 15.7. The third-order valence-corrected chi connectivity index (χ3v) is 3.79. The average Bonchev–Trinajstić information content (AvgIpc) is 2.37. The van der Waals surface area contributed by atoms with Crippen LogP contribution < -0.4 is 0 Å². The van der Waals surface area contributed by atoms with E-state index < -0.39 is 11.7 Å². The van der Waals surface area contributed by atoms with Crippen LogP contribution in [-0.4, -0.2) is 45.0 Å². The third-order valence-electron chi connectivity index (χ3n) is 3.79. The van der Waals surface area contributed by atoms with Crippen molar-refractivity contribution in [1.82, 2.24) is 0 Å². The summed E-state index contributed by atoms with van der Waals surface area (Å²) >= 11 is 0. The molecule has 21 heavy (non-hydrogen) atoms. The largest absolute Gasteiger partial charge is 0.412 e. The molecule has 0 saturated carbocycles. The van der Waals surface area contributed by atoms with Crippen molar-refractivity contribution in [2.24, 2.45) is 5.92 Å². The van der Waals surface area contributed by atoms with Crippen LogP contribution in [0, 0.1) is 5.92 Å². The number of likely N-dealkylation sites (N-methyl/N-ethyl adjacent to an activating group) is 1. The van der Waals surface area contributed by atoms with E-state index in [0.717, 1.165) is 12.1 Å². The summed E-state index contributed by atoms with van der Waals surface area (Å²) in [7, 11) is 5.60. The molecule has 0 spiro atoms. The van der Waals surface area contributed by atoms with E-state index in [0.29, 0.717) is 10.1 Å². The molecule has 2 rings (SSSR count). The maximum atomic E-state index is 13.0. The highest BCUT2D eigenvalue weighted by Gasteiger charge is 2.37. The van der Waals surface area contributed by atoms with Crippen molar-refractivity contribution in [3.63, 3.8) is 0 Å². The monoisotopic (exact) mass is 300 g/mol. The summed E-state index contributed by atoms with van der Waals surface area (Å²) < 4.78 is 44.8. The fourth-order valence-corrected chi connectivity index (χ4v) is 2.59. The second-order valence-corrected chi connectivity index (χ2v) is 6.13. The Bertz CT molecular complexity index is 524. The number of ether oxygens (including phenoxy) is 1. The standard InChI is InChI=1S/C16H21F3NO/c1-20(2)6-4-13(5-7-20)14-8-12(11-21-3)9-15(10-14)16(17,18)19/h4-6,8-9,14H,7,10-11H2,1-3H3/q+1. The van der Waals surface area contributed by atoms with E-state index in [9.17, 15) is 13.2 Å². The van der Waals surface area contributed by atoms with Crippen molar-refractivity contribution in [2.45, 2.75) is 12.6 Å². The molecule has 0 amide bonds. The zero-order valence-corrected chi connectivity index (χ0v) is 12.6. The Labute approximate surface area is 123 Å². The Morgan fingerprint density at radius 2 is 2.05 bits per heavy atom. The first-order chi connectivity index (χ1) is 9.71. The Morgan fingerprint density at radius 3 is 2.57 bits per heavy atom. The molecule has 0 aromatic carbocycles. The van der Waals surface area contributed by atoms with Crippen LogP contribution >= 0.6 is 0 Å². The molecule has 0 fully saturated rings. The number of hydrogen-bond donors (Lipinski definition) is 0. The highest BCUT2D eigenvalue weighted by atomic mass is 19.4. The van der Waals surface area contributed by atoms with Gasteiger partial charge in [-0.05, 0) is 35.8 Å². The first-order valence-corrected chi connectivity index (χ1v) is 6.91. The predicted octanol–water partition coefficient (Wildman–Crippen LogP) is 3.60. The first-order valence-electron chi connectivity index (χ1n) is 6.91. The summed E-state index contributed by atoms with van der Waals surface area (Å²) in [6.07, 6.45) is 4.82. The van der Waals surface area contributed by atoms with E-state index in [1.165, 1.54) is 13.2 Å². The minimum absolute atomic E-state index is 0.000314. The Morgan fingerprint density at radius 1 is 1.33 bits per heavy atom. The highest BCUT2D eigenvalue weighted by Crippen LogP contribution is 2.38. The molecule has 1 unspecified atom stereocenters. The summed E-state index contributed by atoms with van der Waals surface area (Å²) in [6.45, 7) is 0.996. The number of hydrogen-bond acceptors (Lipinski definition) is 1. The molecule has 116 valence electrons. The number of halogens is 3. The number of nitrogens with zero attached hydrogens (tertiary/aromatic N) is 1. The summed E-state index contributed by atoms with van der Waals surface area (Å²) in [5.41, 5.74) is 1.07. The molecule has 2 aliphatic rings. The van der Waals surface area contributed by atoms with Gasteiger partial charge in [0.25, 0.3) is 0 Å². The van der Waals surface area contributed by atoms with Gasteiger partial charge in [-0.2, -0.15) is 13.2 Å². The first kappa shape index (κ1) is 16.0. The fraction of sp³-hybridized carbons (Fsp3) is 0.500. The molecule has 0 saturated heterocycles. The van der Waals surface area contributed by atoms with Crippen LogP contribution in [0.1, 0.15) is 6.42 Å². The van der Waals surface area contributed by atoms with Gasteiger partial charge in [-0.15, -0.1) is 0 Å². The molecule has 5 heteroatoms. The lowest BCUT2D eigenvalue weighted by Crippen LogP contribution is -2.35. The molecule has 1 atom stereocenters. The highest BCUT2D eigenvalue weighted by molar-refractivity contribution is 5.39. The molecule has 0 aromatic rings. The van der Waals surface area contributed by atoms with Gasteiger partial charge in [0.05, 0.1) is 26.9 Å². The molecule has 1 aliphatic carbocycles. The van der Waals surface area contributed by atoms with Gasteiger partial charge >= 0.3 is 6.18 Å². The topological polar surface area (TPSA) is 9.23 Å². The number of allylic oxidation sites excluding steroid dienone is 4. The van der Waals surface area contributed by atoms with Crippen LogP contribution in [0.3, 0.4) is 0 Å². The molecule has 2 nitrogen and oxygen atoms in total. The van der Waals surface area contributed by atoms with Gasteiger partial charge in [0.15, 0.2) is 0 Å². The number of alkyl halides is 3. The lowest BCUT2D eigenvalue weighted by molar-refractivity contribution is -0.833. The maximum Gasteiger partial charge on any atom is 0.412 e.